The minimum absolute atomic E-state index is 0.461. The van der Waals surface area contributed by atoms with Gasteiger partial charge in [-0.05, 0) is 79.0 Å². The van der Waals surface area contributed by atoms with E-state index in [0.29, 0.717) is 12.1 Å². The molecule has 37 heavy (non-hydrogen) atoms. The number of fused-ring (bicyclic) bond motifs is 6. The van der Waals surface area contributed by atoms with E-state index in [1.807, 2.05) is 24.3 Å². The lowest BCUT2D eigenvalue weighted by Crippen LogP contribution is -2.30. The van der Waals surface area contributed by atoms with E-state index in [4.69, 9.17) is 2.74 Å². The lowest BCUT2D eigenvalue weighted by atomic mass is 9.93. The number of para-hydroxylation sites is 2. The third kappa shape index (κ3) is 3.22. The Balaban J connectivity index is 1.52. The second-order valence-corrected chi connectivity index (χ2v) is 10.2. The molecule has 0 aliphatic rings. The molecule has 5 aromatic carbocycles. The standard InChI is InChI=1S/C35H29N2/c1-22-19-23(2)24(3)32(20-22)35-31-15-13-25-21-26(14-16-27(25)28(31)17-18-36(35)4)37-33-11-7-5-9-29(33)30-10-6-8-12-34(30)37/h5-21H,1-4H3/q+1/i11D,12D. The van der Waals surface area contributed by atoms with Crippen molar-refractivity contribution in [3.8, 4) is 16.9 Å². The minimum Gasteiger partial charge on any atom is -0.309 e. The molecule has 7 rings (SSSR count). The highest BCUT2D eigenvalue weighted by atomic mass is 15.0. The van der Waals surface area contributed by atoms with Gasteiger partial charge in [0, 0.05) is 27.9 Å². The van der Waals surface area contributed by atoms with Gasteiger partial charge in [0.1, 0.15) is 7.05 Å². The number of hydrogen-bond acceptors (Lipinski definition) is 0. The first-order chi connectivity index (χ1) is 18.8. The average Bonchev–Trinajstić information content (AvgIpc) is 3.27. The number of hydrogen-bond donors (Lipinski definition) is 0. The molecular formula is C35H29N2+. The van der Waals surface area contributed by atoms with Gasteiger partial charge in [-0.2, -0.15) is 0 Å². The molecule has 2 heteroatoms. The molecule has 0 radical (unpaired) electrons. The topological polar surface area (TPSA) is 8.81 Å². The number of rotatable bonds is 2. The van der Waals surface area contributed by atoms with Crippen LogP contribution in [-0.2, 0) is 7.05 Å². The van der Waals surface area contributed by atoms with Crippen LogP contribution < -0.4 is 4.57 Å². The first kappa shape index (κ1) is 19.7. The summed E-state index contributed by atoms with van der Waals surface area (Å²) in [6.45, 7) is 6.56. The monoisotopic (exact) mass is 479 g/mol. The van der Waals surface area contributed by atoms with Crippen LogP contribution in [0.5, 0.6) is 0 Å². The highest BCUT2D eigenvalue weighted by Gasteiger charge is 2.20. The molecule has 7 aromatic rings. The summed E-state index contributed by atoms with van der Waals surface area (Å²) in [5.74, 6) is 0. The highest BCUT2D eigenvalue weighted by Crippen LogP contribution is 2.36. The molecule has 0 amide bonds. The summed E-state index contributed by atoms with van der Waals surface area (Å²) in [5, 5.41) is 6.79. The van der Waals surface area contributed by atoms with Crippen LogP contribution in [0.3, 0.4) is 0 Å². The van der Waals surface area contributed by atoms with Crippen LogP contribution in [0.1, 0.15) is 19.4 Å². The molecule has 0 N–H and O–H groups in total. The summed E-state index contributed by atoms with van der Waals surface area (Å²) >= 11 is 0. The van der Waals surface area contributed by atoms with Crippen molar-refractivity contribution < 1.29 is 7.31 Å². The molecule has 0 aliphatic carbocycles. The van der Waals surface area contributed by atoms with E-state index in [1.54, 1.807) is 0 Å². The van der Waals surface area contributed by atoms with E-state index >= 15 is 0 Å². The summed E-state index contributed by atoms with van der Waals surface area (Å²) in [7, 11) is 2.12. The smallest absolute Gasteiger partial charge is 0.220 e. The SMILES string of the molecule is [2H]c1cccc2c3cccc([2H])c3n(-c3ccc4c(ccc5c(-c6cc(C)cc(C)c6C)[n+](C)ccc54)c3)c12. The van der Waals surface area contributed by atoms with Crippen molar-refractivity contribution in [2.24, 2.45) is 7.05 Å². The van der Waals surface area contributed by atoms with Crippen LogP contribution in [0.25, 0.3) is 60.3 Å². The maximum atomic E-state index is 8.72. The van der Waals surface area contributed by atoms with Crippen molar-refractivity contribution in [3.05, 3.63) is 120 Å². The summed E-state index contributed by atoms with van der Waals surface area (Å²) in [6.07, 6.45) is 2.16. The van der Waals surface area contributed by atoms with E-state index in [9.17, 15) is 0 Å². The third-order valence-corrected chi connectivity index (χ3v) is 7.85. The third-order valence-electron chi connectivity index (χ3n) is 7.85. The number of aromatic nitrogens is 2. The highest BCUT2D eigenvalue weighted by molar-refractivity contribution is 6.12. The Bertz CT molecular complexity index is 2080. The fourth-order valence-electron chi connectivity index (χ4n) is 5.97. The Morgan fingerprint density at radius 3 is 2.11 bits per heavy atom. The normalized spacial score (nSPS) is 12.5. The molecule has 2 nitrogen and oxygen atoms in total. The number of nitrogens with zero attached hydrogens (tertiary/aromatic N) is 2. The van der Waals surface area contributed by atoms with Gasteiger partial charge in [0.2, 0.25) is 5.69 Å². The van der Waals surface area contributed by atoms with Crippen LogP contribution >= 0.6 is 0 Å². The van der Waals surface area contributed by atoms with Gasteiger partial charge in [0.15, 0.2) is 6.20 Å². The summed E-state index contributed by atoms with van der Waals surface area (Å²) in [4.78, 5) is 0. The molecule has 0 aliphatic heterocycles. The zero-order chi connectivity index (χ0) is 27.0. The Hall–Kier alpha value is -4.43. The van der Waals surface area contributed by atoms with E-state index in [2.05, 4.69) is 104 Å². The van der Waals surface area contributed by atoms with Gasteiger partial charge in [0.25, 0.3) is 0 Å². The molecule has 2 aromatic heterocycles. The van der Waals surface area contributed by atoms with Crippen molar-refractivity contribution >= 4 is 43.4 Å². The molecule has 0 unspecified atom stereocenters. The van der Waals surface area contributed by atoms with Crippen LogP contribution in [0.4, 0.5) is 0 Å². The summed E-state index contributed by atoms with van der Waals surface area (Å²) < 4.78 is 21.8. The molecule has 0 saturated heterocycles. The molecule has 0 saturated carbocycles. The Kier molecular flexibility index (Phi) is 4.29. The summed E-state index contributed by atoms with van der Waals surface area (Å²) in [5.41, 5.74) is 9.02. The van der Waals surface area contributed by atoms with Crippen molar-refractivity contribution in [2.45, 2.75) is 20.8 Å². The number of aryl methyl sites for hydroxylation is 3. The van der Waals surface area contributed by atoms with Crippen molar-refractivity contribution in [2.75, 3.05) is 0 Å². The summed E-state index contributed by atoms with van der Waals surface area (Å²) in [6, 6.07) is 30.3. The van der Waals surface area contributed by atoms with Crippen molar-refractivity contribution in [1.29, 1.82) is 0 Å². The molecular weight excluding hydrogens is 448 g/mol. The fourth-order valence-corrected chi connectivity index (χ4v) is 5.97. The molecule has 2 heterocycles. The molecule has 0 fully saturated rings. The first-order valence-corrected chi connectivity index (χ1v) is 12.8. The quantitative estimate of drug-likeness (QED) is 0.174. The van der Waals surface area contributed by atoms with Gasteiger partial charge in [0.05, 0.1) is 24.7 Å². The molecule has 0 bridgehead atoms. The molecule has 178 valence electrons. The van der Waals surface area contributed by atoms with E-state index in [1.165, 1.54) is 44.1 Å². The van der Waals surface area contributed by atoms with Crippen LogP contribution in [-0.4, -0.2) is 4.57 Å². The lowest BCUT2D eigenvalue weighted by molar-refractivity contribution is -0.659. The maximum absolute atomic E-state index is 8.72. The molecule has 0 atom stereocenters. The lowest BCUT2D eigenvalue weighted by Gasteiger charge is -2.13. The molecule has 0 spiro atoms. The average molecular weight is 480 g/mol. The van der Waals surface area contributed by atoms with Crippen LogP contribution in [0.15, 0.2) is 103 Å². The van der Waals surface area contributed by atoms with E-state index < -0.39 is 0 Å². The zero-order valence-corrected chi connectivity index (χ0v) is 21.6. The predicted octanol–water partition coefficient (Wildman–Crippen LogP) is 8.51. The van der Waals surface area contributed by atoms with E-state index in [-0.39, 0.29) is 0 Å². The second kappa shape index (κ2) is 8.04. The van der Waals surface area contributed by atoms with E-state index in [0.717, 1.165) is 32.9 Å². The Morgan fingerprint density at radius 2 is 1.38 bits per heavy atom. The van der Waals surface area contributed by atoms with Crippen molar-refractivity contribution in [3.63, 3.8) is 0 Å². The Morgan fingerprint density at radius 1 is 0.676 bits per heavy atom. The van der Waals surface area contributed by atoms with Gasteiger partial charge >= 0.3 is 0 Å². The van der Waals surface area contributed by atoms with Crippen LogP contribution in [0.2, 0.25) is 0 Å². The van der Waals surface area contributed by atoms with Gasteiger partial charge in [-0.3, -0.25) is 0 Å². The largest absolute Gasteiger partial charge is 0.309 e. The first-order valence-electron chi connectivity index (χ1n) is 13.8. The predicted molar refractivity (Wildman–Crippen MR) is 157 cm³/mol. The Labute approximate surface area is 219 Å². The van der Waals surface area contributed by atoms with Gasteiger partial charge < -0.3 is 4.57 Å². The van der Waals surface area contributed by atoms with Gasteiger partial charge in [-0.25, -0.2) is 4.57 Å². The second-order valence-electron chi connectivity index (χ2n) is 10.2. The van der Waals surface area contributed by atoms with Gasteiger partial charge in [-0.15, -0.1) is 0 Å². The maximum Gasteiger partial charge on any atom is 0.220 e. The number of pyridine rings is 1. The van der Waals surface area contributed by atoms with Crippen LogP contribution in [0, 0.1) is 20.8 Å². The fraction of sp³-hybridized carbons (Fsp3) is 0.114. The minimum atomic E-state index is 0.461. The number of benzene rings is 5. The van der Waals surface area contributed by atoms with Gasteiger partial charge in [-0.1, -0.05) is 60.2 Å². The zero-order valence-electron chi connectivity index (χ0n) is 23.6. The van der Waals surface area contributed by atoms with Crippen molar-refractivity contribution in [1.82, 2.24) is 4.57 Å².